The van der Waals surface area contributed by atoms with Gasteiger partial charge in [0.2, 0.25) is 0 Å². The van der Waals surface area contributed by atoms with E-state index < -0.39 is 0 Å². The molecule has 0 aliphatic carbocycles. The third-order valence-corrected chi connectivity index (χ3v) is 10.5. The highest BCUT2D eigenvalue weighted by Gasteiger charge is 2.32. The van der Waals surface area contributed by atoms with Crippen LogP contribution in [0.3, 0.4) is 0 Å². The topological polar surface area (TPSA) is 89.5 Å². The standard InChI is InChI=1S/C30H39N9O2S.C6H6/c1-4-23(2)39-30(40)37(22-33-39)26-7-5-24(6-8-26)35-15-17-36(18-16-35)25-9-11-28(12-10-25)41-20-27-21-42-29(34(27)3)19-38-31-13-14-32-38;1-2-4-6-5-3-1/h5-14,22-23,27,29H,4,15-21H2,1-3H3;1-6H. The number of piperazine rings is 1. The van der Waals surface area contributed by atoms with Crippen LogP contribution in [0.15, 0.2) is 108 Å². The van der Waals surface area contributed by atoms with Gasteiger partial charge in [-0.1, -0.05) is 43.3 Å². The van der Waals surface area contributed by atoms with E-state index in [0.29, 0.717) is 18.0 Å². The minimum absolute atomic E-state index is 0.0845. The van der Waals surface area contributed by atoms with Gasteiger partial charge in [0.15, 0.2) is 0 Å². The predicted octanol–water partition coefficient (Wildman–Crippen LogP) is 5.06. The molecule has 4 heterocycles. The maximum atomic E-state index is 12.8. The van der Waals surface area contributed by atoms with Crippen LogP contribution in [0.2, 0.25) is 0 Å². The van der Waals surface area contributed by atoms with E-state index in [4.69, 9.17) is 4.74 Å². The number of benzene rings is 3. The highest BCUT2D eigenvalue weighted by Crippen LogP contribution is 2.29. The van der Waals surface area contributed by atoms with Crippen LogP contribution >= 0.6 is 11.8 Å². The van der Waals surface area contributed by atoms with Gasteiger partial charge in [0, 0.05) is 43.3 Å². The van der Waals surface area contributed by atoms with Crippen LogP contribution in [0.4, 0.5) is 11.4 Å². The molecule has 2 aromatic heterocycles. The normalized spacial score (nSPS) is 18.7. The average Bonchev–Trinajstić information content (AvgIpc) is 3.89. The quantitative estimate of drug-likeness (QED) is 0.203. The molecule has 0 N–H and O–H groups in total. The number of thioether (sulfide) groups is 1. The Morgan fingerprint density at radius 1 is 0.812 bits per heavy atom. The van der Waals surface area contributed by atoms with Gasteiger partial charge < -0.3 is 14.5 Å². The molecule has 0 spiro atoms. The number of anilines is 2. The van der Waals surface area contributed by atoms with Crippen LogP contribution in [0.1, 0.15) is 26.3 Å². The van der Waals surface area contributed by atoms with Crippen molar-refractivity contribution in [2.45, 2.75) is 44.3 Å². The van der Waals surface area contributed by atoms with Crippen molar-refractivity contribution in [3.05, 3.63) is 114 Å². The first kappa shape index (κ1) is 33.4. The van der Waals surface area contributed by atoms with E-state index >= 15 is 0 Å². The van der Waals surface area contributed by atoms with Crippen molar-refractivity contribution in [1.82, 2.24) is 34.2 Å². The molecular weight excluding hydrogens is 623 g/mol. The van der Waals surface area contributed by atoms with Crippen LogP contribution in [0, 0.1) is 0 Å². The van der Waals surface area contributed by atoms with Gasteiger partial charge in [-0.05, 0) is 68.9 Å². The summed E-state index contributed by atoms with van der Waals surface area (Å²) in [6.07, 6.45) is 5.92. The smallest absolute Gasteiger partial charge is 0.350 e. The zero-order chi connectivity index (χ0) is 33.3. The fourth-order valence-electron chi connectivity index (χ4n) is 5.86. The van der Waals surface area contributed by atoms with Crippen LogP contribution in [-0.2, 0) is 6.54 Å². The summed E-state index contributed by atoms with van der Waals surface area (Å²) in [7, 11) is 2.16. The van der Waals surface area contributed by atoms with Crippen molar-refractivity contribution < 1.29 is 4.74 Å². The number of aromatic nitrogens is 6. The Bertz CT molecular complexity index is 1690. The van der Waals surface area contributed by atoms with Gasteiger partial charge in [0.25, 0.3) is 0 Å². The molecule has 252 valence electrons. The molecule has 3 aromatic carbocycles. The monoisotopic (exact) mass is 667 g/mol. The zero-order valence-electron chi connectivity index (χ0n) is 28.0. The molecule has 0 radical (unpaired) electrons. The van der Waals surface area contributed by atoms with Crippen molar-refractivity contribution >= 4 is 23.1 Å². The molecule has 3 unspecified atom stereocenters. The summed E-state index contributed by atoms with van der Waals surface area (Å²) in [6, 6.07) is 29.1. The minimum Gasteiger partial charge on any atom is -0.492 e. The summed E-state index contributed by atoms with van der Waals surface area (Å²) in [5.41, 5.74) is 3.13. The second-order valence-corrected chi connectivity index (χ2v) is 13.3. The number of hydrogen-bond donors (Lipinski definition) is 0. The molecule has 0 amide bonds. The molecule has 2 aliphatic rings. The molecule has 5 aromatic rings. The number of likely N-dealkylation sites (N-methyl/N-ethyl adjacent to an activating group) is 1. The Morgan fingerprint density at radius 3 is 1.92 bits per heavy atom. The largest absolute Gasteiger partial charge is 0.492 e. The second-order valence-electron chi connectivity index (χ2n) is 12.1. The van der Waals surface area contributed by atoms with E-state index in [9.17, 15) is 4.79 Å². The second kappa shape index (κ2) is 16.0. The number of ether oxygens (including phenoxy) is 1. The number of hydrogen-bond acceptors (Lipinski definition) is 9. The number of rotatable bonds is 10. The lowest BCUT2D eigenvalue weighted by Crippen LogP contribution is -2.46. The first-order chi connectivity index (χ1) is 23.5. The molecule has 2 fully saturated rings. The lowest BCUT2D eigenvalue weighted by Gasteiger charge is -2.37. The molecule has 2 saturated heterocycles. The van der Waals surface area contributed by atoms with Gasteiger partial charge in [0.05, 0.1) is 42.1 Å². The van der Waals surface area contributed by atoms with Gasteiger partial charge >= 0.3 is 5.69 Å². The van der Waals surface area contributed by atoms with Gasteiger partial charge in [-0.3, -0.25) is 4.90 Å². The van der Waals surface area contributed by atoms with E-state index in [1.165, 1.54) is 11.4 Å². The van der Waals surface area contributed by atoms with E-state index in [1.807, 2.05) is 67.2 Å². The molecule has 48 heavy (non-hydrogen) atoms. The molecule has 0 bridgehead atoms. The van der Waals surface area contributed by atoms with Crippen LogP contribution in [0.5, 0.6) is 5.75 Å². The fraction of sp³-hybridized carbons (Fsp3) is 0.389. The highest BCUT2D eigenvalue weighted by molar-refractivity contribution is 8.00. The van der Waals surface area contributed by atoms with E-state index in [0.717, 1.165) is 56.3 Å². The van der Waals surface area contributed by atoms with Crippen LogP contribution < -0.4 is 20.2 Å². The first-order valence-corrected chi connectivity index (χ1v) is 17.7. The molecule has 7 rings (SSSR count). The van der Waals surface area contributed by atoms with Crippen LogP contribution in [-0.4, -0.2) is 91.2 Å². The van der Waals surface area contributed by atoms with Crippen molar-refractivity contribution in [2.75, 3.05) is 55.4 Å². The van der Waals surface area contributed by atoms with Gasteiger partial charge in [0.1, 0.15) is 18.7 Å². The summed E-state index contributed by atoms with van der Waals surface area (Å²) in [5, 5.41) is 13.1. The molecular formula is C36H45N9O2S. The summed E-state index contributed by atoms with van der Waals surface area (Å²) < 4.78 is 9.35. The molecule has 2 aliphatic heterocycles. The van der Waals surface area contributed by atoms with E-state index in [1.54, 1.807) is 32.8 Å². The third kappa shape index (κ3) is 8.11. The SMILES string of the molecule is CCC(C)n1ncn(-c2ccc(N3CCN(c4ccc(OCC5CSC(Cn6nccn6)N5C)cc4)CC3)cc2)c1=O.c1ccccc1. The average molecular weight is 668 g/mol. The highest BCUT2D eigenvalue weighted by atomic mass is 32.2. The van der Waals surface area contributed by atoms with E-state index in [-0.39, 0.29) is 11.7 Å². The zero-order valence-corrected chi connectivity index (χ0v) is 28.8. The maximum Gasteiger partial charge on any atom is 0.350 e. The number of nitrogens with zero attached hydrogens (tertiary/aromatic N) is 9. The third-order valence-electron chi connectivity index (χ3n) is 9.08. The van der Waals surface area contributed by atoms with Gasteiger partial charge in [-0.25, -0.2) is 14.0 Å². The molecule has 12 heteroatoms. The first-order valence-electron chi connectivity index (χ1n) is 16.7. The molecule has 11 nitrogen and oxygen atoms in total. The minimum atomic E-state index is -0.0974. The summed E-state index contributed by atoms with van der Waals surface area (Å²) in [6.45, 7) is 9.27. The van der Waals surface area contributed by atoms with Gasteiger partial charge in [-0.15, -0.1) is 11.8 Å². The Kier molecular flexibility index (Phi) is 11.1. The predicted molar refractivity (Wildman–Crippen MR) is 193 cm³/mol. The van der Waals surface area contributed by atoms with Crippen molar-refractivity contribution in [2.24, 2.45) is 0 Å². The Labute approximate surface area is 286 Å². The lowest BCUT2D eigenvalue weighted by molar-refractivity contribution is 0.168. The van der Waals surface area contributed by atoms with Crippen molar-refractivity contribution in [3.63, 3.8) is 0 Å². The van der Waals surface area contributed by atoms with E-state index in [2.05, 4.69) is 80.4 Å². The Morgan fingerprint density at radius 2 is 1.35 bits per heavy atom. The maximum absolute atomic E-state index is 12.8. The summed E-state index contributed by atoms with van der Waals surface area (Å²) >= 11 is 1.93. The van der Waals surface area contributed by atoms with Crippen molar-refractivity contribution in [1.29, 1.82) is 0 Å². The fourth-order valence-corrected chi connectivity index (χ4v) is 7.28. The molecule has 3 atom stereocenters. The Hall–Kier alpha value is -4.55. The lowest BCUT2D eigenvalue weighted by atomic mass is 10.2. The summed E-state index contributed by atoms with van der Waals surface area (Å²) in [4.78, 5) is 21.7. The van der Waals surface area contributed by atoms with Crippen molar-refractivity contribution in [3.8, 4) is 11.4 Å². The summed E-state index contributed by atoms with van der Waals surface area (Å²) in [5.74, 6) is 1.94. The van der Waals surface area contributed by atoms with Crippen LogP contribution in [0.25, 0.3) is 5.69 Å². The molecule has 0 saturated carbocycles. The van der Waals surface area contributed by atoms with Gasteiger partial charge in [-0.2, -0.15) is 20.1 Å². The Balaban J connectivity index is 0.000000604.